The van der Waals surface area contributed by atoms with Gasteiger partial charge in [-0.2, -0.15) is 0 Å². The highest BCUT2D eigenvalue weighted by molar-refractivity contribution is 5.67. The molecule has 0 N–H and O–H groups in total. The fourth-order valence-electron chi connectivity index (χ4n) is 6.83. The highest BCUT2D eigenvalue weighted by atomic mass is 15.6. The Labute approximate surface area is 232 Å². The quantitative estimate of drug-likeness (QED) is 0.307. The highest BCUT2D eigenvalue weighted by Gasteiger charge is 2.35. The molecular formula is C34H50N4. The van der Waals surface area contributed by atoms with E-state index in [1.54, 1.807) is 0 Å². The zero-order valence-electron chi connectivity index (χ0n) is 24.4. The normalized spacial score (nSPS) is 19.8. The van der Waals surface area contributed by atoms with Crippen LogP contribution in [0.3, 0.4) is 0 Å². The molecule has 2 fully saturated rings. The molecule has 4 rings (SSSR count). The standard InChI is InChI=1S/C34H50N4/c1-6-15-30-18-14-21-33(32(30)7-2)34(37-26-24-36(25-27-37)31-19-12-9-13-20-31)28(3)38(35(4)5)23-22-29-16-10-8-11-17-29/h6-8,10-11,14-18,21,28,31,34H,2,9,12-13,19-20,22-27H2,1,3-5H3/b15-6-. The maximum atomic E-state index is 4.27. The summed E-state index contributed by atoms with van der Waals surface area (Å²) in [4.78, 5) is 5.56. The number of piperazine rings is 1. The van der Waals surface area contributed by atoms with Crippen LogP contribution in [0.2, 0.25) is 0 Å². The summed E-state index contributed by atoms with van der Waals surface area (Å²) in [5.74, 6) is 0. The molecule has 2 unspecified atom stereocenters. The van der Waals surface area contributed by atoms with Gasteiger partial charge in [-0.05, 0) is 55.4 Å². The molecule has 0 aromatic heterocycles. The van der Waals surface area contributed by atoms with Crippen molar-refractivity contribution in [2.45, 2.75) is 70.5 Å². The second-order valence-corrected chi connectivity index (χ2v) is 11.3. The van der Waals surface area contributed by atoms with E-state index in [4.69, 9.17) is 0 Å². The number of rotatable bonds is 11. The molecule has 2 aliphatic rings. The van der Waals surface area contributed by atoms with Crippen molar-refractivity contribution in [2.24, 2.45) is 0 Å². The molecule has 1 heterocycles. The Kier molecular flexibility index (Phi) is 10.8. The van der Waals surface area contributed by atoms with Crippen LogP contribution in [-0.4, -0.2) is 78.7 Å². The monoisotopic (exact) mass is 514 g/mol. The van der Waals surface area contributed by atoms with E-state index in [0.29, 0.717) is 12.1 Å². The van der Waals surface area contributed by atoms with E-state index in [-0.39, 0.29) is 0 Å². The van der Waals surface area contributed by atoms with Gasteiger partial charge in [0.15, 0.2) is 0 Å². The molecule has 1 saturated carbocycles. The van der Waals surface area contributed by atoms with E-state index >= 15 is 0 Å². The third kappa shape index (κ3) is 7.04. The Morgan fingerprint density at radius 2 is 1.66 bits per heavy atom. The van der Waals surface area contributed by atoms with Crippen molar-refractivity contribution in [2.75, 3.05) is 46.8 Å². The minimum absolute atomic E-state index is 0.292. The molecule has 0 bridgehead atoms. The Balaban J connectivity index is 1.62. The van der Waals surface area contributed by atoms with Crippen molar-refractivity contribution in [1.82, 2.24) is 19.8 Å². The van der Waals surface area contributed by atoms with Crippen LogP contribution in [0, 0.1) is 0 Å². The molecule has 38 heavy (non-hydrogen) atoms. The number of allylic oxidation sites excluding steroid dienone is 1. The lowest BCUT2D eigenvalue weighted by molar-refractivity contribution is -0.0563. The molecule has 0 spiro atoms. The van der Waals surface area contributed by atoms with E-state index < -0.39 is 0 Å². The average molecular weight is 515 g/mol. The predicted molar refractivity (Wildman–Crippen MR) is 164 cm³/mol. The van der Waals surface area contributed by atoms with Crippen LogP contribution in [0.4, 0.5) is 0 Å². The van der Waals surface area contributed by atoms with Crippen LogP contribution >= 0.6 is 0 Å². The summed E-state index contributed by atoms with van der Waals surface area (Å²) in [6.07, 6.45) is 14.5. The summed E-state index contributed by atoms with van der Waals surface area (Å²) in [7, 11) is 4.40. The fourth-order valence-corrected chi connectivity index (χ4v) is 6.83. The van der Waals surface area contributed by atoms with Crippen molar-refractivity contribution in [3.05, 3.63) is 83.4 Å². The Bertz CT molecular complexity index is 1020. The number of nitrogens with zero attached hydrogens (tertiary/aromatic N) is 4. The van der Waals surface area contributed by atoms with Crippen LogP contribution < -0.4 is 0 Å². The van der Waals surface area contributed by atoms with Crippen LogP contribution in [0.25, 0.3) is 12.2 Å². The van der Waals surface area contributed by atoms with Crippen molar-refractivity contribution in [3.8, 4) is 0 Å². The SMILES string of the molecule is C=Cc1c(/C=C\C)cccc1C(C(C)N(CCc1ccccc1)N(C)C)N1CCN(C2CCCCC2)CC1. The third-order valence-electron chi connectivity index (χ3n) is 8.79. The predicted octanol–water partition coefficient (Wildman–Crippen LogP) is 6.76. The first-order valence-electron chi connectivity index (χ1n) is 14.9. The summed E-state index contributed by atoms with van der Waals surface area (Å²) in [5, 5.41) is 4.88. The van der Waals surface area contributed by atoms with Gasteiger partial charge in [-0.3, -0.25) is 9.80 Å². The zero-order chi connectivity index (χ0) is 26.9. The van der Waals surface area contributed by atoms with Gasteiger partial charge in [-0.1, -0.05) is 92.6 Å². The number of hydrazine groups is 1. The lowest BCUT2D eigenvalue weighted by atomic mass is 9.89. The zero-order valence-corrected chi connectivity index (χ0v) is 24.4. The molecule has 2 atom stereocenters. The van der Waals surface area contributed by atoms with Crippen LogP contribution in [0.15, 0.2) is 61.2 Å². The molecule has 206 valence electrons. The smallest absolute Gasteiger partial charge is 0.0522 e. The molecule has 2 aromatic carbocycles. The van der Waals surface area contributed by atoms with Crippen LogP contribution in [0.5, 0.6) is 0 Å². The Morgan fingerprint density at radius 1 is 0.947 bits per heavy atom. The Hall–Kier alpha value is -2.24. The summed E-state index contributed by atoms with van der Waals surface area (Å²) in [6, 6.07) is 19.1. The van der Waals surface area contributed by atoms with Gasteiger partial charge in [0.05, 0.1) is 6.04 Å². The average Bonchev–Trinajstić information content (AvgIpc) is 2.95. The van der Waals surface area contributed by atoms with Gasteiger partial charge in [0.1, 0.15) is 0 Å². The minimum atomic E-state index is 0.292. The first-order chi connectivity index (χ1) is 18.5. The van der Waals surface area contributed by atoms with Crippen molar-refractivity contribution in [3.63, 3.8) is 0 Å². The van der Waals surface area contributed by atoms with E-state index in [1.165, 1.54) is 67.4 Å². The largest absolute Gasteiger partial charge is 0.298 e. The molecule has 1 aliphatic carbocycles. The second kappa shape index (κ2) is 14.2. The summed E-state index contributed by atoms with van der Waals surface area (Å²) in [6.45, 7) is 14.4. The van der Waals surface area contributed by atoms with E-state index in [0.717, 1.165) is 32.1 Å². The van der Waals surface area contributed by atoms with Gasteiger partial charge in [-0.25, -0.2) is 10.0 Å². The fraction of sp³-hybridized carbons (Fsp3) is 0.529. The first-order valence-corrected chi connectivity index (χ1v) is 14.9. The van der Waals surface area contributed by atoms with Crippen molar-refractivity contribution in [1.29, 1.82) is 0 Å². The molecule has 0 amide bonds. The molecular weight excluding hydrogens is 464 g/mol. The van der Waals surface area contributed by atoms with Crippen LogP contribution in [0.1, 0.15) is 74.2 Å². The molecule has 1 saturated heterocycles. The number of benzene rings is 2. The molecule has 0 radical (unpaired) electrons. The van der Waals surface area contributed by atoms with Gasteiger partial charge in [0.2, 0.25) is 0 Å². The second-order valence-electron chi connectivity index (χ2n) is 11.3. The van der Waals surface area contributed by atoms with Crippen molar-refractivity contribution < 1.29 is 0 Å². The van der Waals surface area contributed by atoms with Crippen molar-refractivity contribution >= 4 is 12.2 Å². The Morgan fingerprint density at radius 3 is 2.29 bits per heavy atom. The molecule has 4 nitrogen and oxygen atoms in total. The molecule has 4 heteroatoms. The van der Waals surface area contributed by atoms with Gasteiger partial charge in [-0.15, -0.1) is 0 Å². The topological polar surface area (TPSA) is 13.0 Å². The van der Waals surface area contributed by atoms with E-state index in [2.05, 4.69) is 121 Å². The summed E-state index contributed by atoms with van der Waals surface area (Å²) in [5.41, 5.74) is 5.34. The number of hydrogen-bond donors (Lipinski definition) is 0. The minimum Gasteiger partial charge on any atom is -0.298 e. The lowest BCUT2D eigenvalue weighted by Gasteiger charge is -2.48. The van der Waals surface area contributed by atoms with Crippen LogP contribution in [-0.2, 0) is 6.42 Å². The van der Waals surface area contributed by atoms with Gasteiger partial charge in [0, 0.05) is 58.9 Å². The number of hydrogen-bond acceptors (Lipinski definition) is 4. The van der Waals surface area contributed by atoms with Gasteiger partial charge < -0.3 is 0 Å². The lowest BCUT2D eigenvalue weighted by Crippen LogP contribution is -2.56. The molecule has 2 aromatic rings. The molecule has 1 aliphatic heterocycles. The summed E-state index contributed by atoms with van der Waals surface area (Å²) >= 11 is 0. The summed E-state index contributed by atoms with van der Waals surface area (Å²) < 4.78 is 0. The maximum Gasteiger partial charge on any atom is 0.0522 e. The van der Waals surface area contributed by atoms with Gasteiger partial charge in [0.25, 0.3) is 0 Å². The van der Waals surface area contributed by atoms with Gasteiger partial charge >= 0.3 is 0 Å². The van der Waals surface area contributed by atoms with E-state index in [1.807, 2.05) is 0 Å². The maximum absolute atomic E-state index is 4.27. The third-order valence-corrected chi connectivity index (χ3v) is 8.79. The highest BCUT2D eigenvalue weighted by Crippen LogP contribution is 2.35. The first kappa shape index (κ1) is 28.8. The van der Waals surface area contributed by atoms with E-state index in [9.17, 15) is 0 Å².